The van der Waals surface area contributed by atoms with Gasteiger partial charge in [-0.25, -0.2) is 0 Å². The topological polar surface area (TPSA) is 101 Å². The van der Waals surface area contributed by atoms with Gasteiger partial charge in [-0.15, -0.1) is 0 Å². The van der Waals surface area contributed by atoms with Crippen LogP contribution in [0.3, 0.4) is 0 Å². The summed E-state index contributed by atoms with van der Waals surface area (Å²) in [5.41, 5.74) is 0.666. The largest absolute Gasteiger partial charge is 0.550 e. The molecule has 0 aliphatic carbocycles. The molecule has 0 unspecified atom stereocenters. The van der Waals surface area contributed by atoms with Crippen LogP contribution in [-0.4, -0.2) is 33.1 Å². The van der Waals surface area contributed by atoms with Crippen molar-refractivity contribution in [3.8, 4) is 0 Å². The first-order chi connectivity index (χ1) is 10.8. The summed E-state index contributed by atoms with van der Waals surface area (Å²) < 4.78 is -0.0503. The summed E-state index contributed by atoms with van der Waals surface area (Å²) in [5, 5.41) is 22.3. The van der Waals surface area contributed by atoms with E-state index in [1.807, 2.05) is 0 Å². The SMILES string of the molecule is O=C([O-])C[C@@H](C(=O)[O-])N1C(=O)/C(=C/c2ccc(Cl)cc2)SC1=S. The third kappa shape index (κ3) is 4.10. The van der Waals surface area contributed by atoms with Crippen LogP contribution in [0.2, 0.25) is 5.02 Å². The van der Waals surface area contributed by atoms with Crippen molar-refractivity contribution in [3.63, 3.8) is 0 Å². The van der Waals surface area contributed by atoms with Gasteiger partial charge in [0.25, 0.3) is 5.91 Å². The summed E-state index contributed by atoms with van der Waals surface area (Å²) in [6.07, 6.45) is 0.615. The van der Waals surface area contributed by atoms with Gasteiger partial charge in [0.2, 0.25) is 0 Å². The van der Waals surface area contributed by atoms with Crippen molar-refractivity contribution < 1.29 is 24.6 Å². The maximum atomic E-state index is 12.3. The lowest BCUT2D eigenvalue weighted by molar-refractivity contribution is -0.319. The van der Waals surface area contributed by atoms with Crippen molar-refractivity contribution in [1.29, 1.82) is 0 Å². The van der Waals surface area contributed by atoms with Crippen LogP contribution in [0.15, 0.2) is 29.2 Å². The van der Waals surface area contributed by atoms with Gasteiger partial charge in [0, 0.05) is 17.4 Å². The molecule has 6 nitrogen and oxygen atoms in total. The molecule has 1 amide bonds. The predicted octanol–water partition coefficient (Wildman–Crippen LogP) is -0.200. The molecule has 0 bridgehead atoms. The number of nitrogens with zero attached hydrogens (tertiary/aromatic N) is 1. The molecule has 1 saturated heterocycles. The summed E-state index contributed by atoms with van der Waals surface area (Å²) in [6, 6.07) is 4.91. The molecule has 9 heteroatoms. The average Bonchev–Trinajstić information content (AvgIpc) is 2.73. The second kappa shape index (κ2) is 7.12. The van der Waals surface area contributed by atoms with Gasteiger partial charge in [-0.1, -0.05) is 47.7 Å². The Kier molecular flexibility index (Phi) is 5.40. The average molecular weight is 370 g/mol. The summed E-state index contributed by atoms with van der Waals surface area (Å²) in [6.45, 7) is 0. The molecule has 0 spiro atoms. The molecule has 0 saturated carbocycles. The quantitative estimate of drug-likeness (QED) is 0.523. The minimum Gasteiger partial charge on any atom is -0.550 e. The number of carboxylic acid groups (broad SMARTS) is 2. The van der Waals surface area contributed by atoms with E-state index in [-0.39, 0.29) is 9.23 Å². The Labute approximate surface area is 145 Å². The van der Waals surface area contributed by atoms with Crippen LogP contribution in [0, 0.1) is 0 Å². The highest BCUT2D eigenvalue weighted by Crippen LogP contribution is 2.34. The monoisotopic (exact) mass is 369 g/mol. The van der Waals surface area contributed by atoms with E-state index in [2.05, 4.69) is 0 Å². The van der Waals surface area contributed by atoms with E-state index in [0.717, 1.165) is 16.7 Å². The van der Waals surface area contributed by atoms with Crippen LogP contribution in [0.25, 0.3) is 6.08 Å². The Hall–Kier alpha value is -1.90. The van der Waals surface area contributed by atoms with Crippen molar-refractivity contribution >= 4 is 63.8 Å². The van der Waals surface area contributed by atoms with E-state index in [9.17, 15) is 24.6 Å². The van der Waals surface area contributed by atoms with Crippen molar-refractivity contribution in [1.82, 2.24) is 4.90 Å². The van der Waals surface area contributed by atoms with Gasteiger partial charge in [0.1, 0.15) is 4.32 Å². The molecule has 1 heterocycles. The van der Waals surface area contributed by atoms with E-state index in [4.69, 9.17) is 23.8 Å². The number of carbonyl (C=O) groups excluding carboxylic acids is 3. The van der Waals surface area contributed by atoms with Crippen LogP contribution in [0.4, 0.5) is 0 Å². The molecule has 1 fully saturated rings. The number of aliphatic carboxylic acids is 2. The Bertz CT molecular complexity index is 716. The second-order valence-corrected chi connectivity index (χ2v) is 6.63. The van der Waals surface area contributed by atoms with Crippen LogP contribution >= 0.6 is 35.6 Å². The zero-order valence-corrected chi connectivity index (χ0v) is 13.7. The third-order valence-electron chi connectivity index (χ3n) is 2.94. The Morgan fingerprint density at radius 2 is 1.91 bits per heavy atom. The van der Waals surface area contributed by atoms with Crippen molar-refractivity contribution in [2.45, 2.75) is 12.5 Å². The molecule has 120 valence electrons. The maximum Gasteiger partial charge on any atom is 0.266 e. The van der Waals surface area contributed by atoms with Gasteiger partial charge >= 0.3 is 0 Å². The molecule has 2 rings (SSSR count). The van der Waals surface area contributed by atoms with Gasteiger partial charge in [-0.05, 0) is 23.8 Å². The lowest BCUT2D eigenvalue weighted by Gasteiger charge is -2.27. The van der Waals surface area contributed by atoms with Crippen LogP contribution in [0.1, 0.15) is 12.0 Å². The standard InChI is InChI=1S/C14H10ClNO5S2/c15-8-3-1-7(2-4-8)5-10-12(19)16(14(22)23-10)9(13(20)21)6-11(17)18/h1-5,9H,6H2,(H,17,18)(H,20,21)/p-2/b10-5-/t9-/m0/s1. The van der Waals surface area contributed by atoms with Gasteiger partial charge in [0.15, 0.2) is 0 Å². The maximum absolute atomic E-state index is 12.3. The Morgan fingerprint density at radius 3 is 2.43 bits per heavy atom. The highest BCUT2D eigenvalue weighted by molar-refractivity contribution is 8.26. The van der Waals surface area contributed by atoms with Crippen molar-refractivity contribution in [2.24, 2.45) is 0 Å². The fraction of sp³-hybridized carbons (Fsp3) is 0.143. The van der Waals surface area contributed by atoms with Gasteiger partial charge in [-0.2, -0.15) is 0 Å². The highest BCUT2D eigenvalue weighted by atomic mass is 35.5. The predicted molar refractivity (Wildman–Crippen MR) is 84.9 cm³/mol. The van der Waals surface area contributed by atoms with Gasteiger partial charge in [-0.3, -0.25) is 9.69 Å². The van der Waals surface area contributed by atoms with Crippen LogP contribution in [0.5, 0.6) is 0 Å². The molecule has 0 N–H and O–H groups in total. The number of carboxylic acids is 2. The Morgan fingerprint density at radius 1 is 1.30 bits per heavy atom. The van der Waals surface area contributed by atoms with Gasteiger partial charge in [0.05, 0.1) is 16.9 Å². The number of thiocarbonyl (C=S) groups is 1. The first-order valence-electron chi connectivity index (χ1n) is 6.23. The Balaban J connectivity index is 2.30. The molecule has 1 aliphatic heterocycles. The van der Waals surface area contributed by atoms with E-state index >= 15 is 0 Å². The number of hydrogen-bond donors (Lipinski definition) is 0. The zero-order valence-electron chi connectivity index (χ0n) is 11.4. The number of rotatable bonds is 5. The van der Waals surface area contributed by atoms with Crippen LogP contribution < -0.4 is 10.2 Å². The molecule has 0 radical (unpaired) electrons. The number of benzene rings is 1. The molecule has 23 heavy (non-hydrogen) atoms. The summed E-state index contributed by atoms with van der Waals surface area (Å²) >= 11 is 11.6. The summed E-state index contributed by atoms with van der Waals surface area (Å²) in [7, 11) is 0. The minimum absolute atomic E-state index is 0.0503. The number of hydrogen-bond acceptors (Lipinski definition) is 7. The van der Waals surface area contributed by atoms with E-state index in [0.29, 0.717) is 10.6 Å². The first-order valence-corrected chi connectivity index (χ1v) is 7.83. The van der Waals surface area contributed by atoms with Crippen LogP contribution in [-0.2, 0) is 14.4 Å². The molecule has 1 aliphatic rings. The molecule has 1 aromatic carbocycles. The number of thioether (sulfide) groups is 1. The van der Waals surface area contributed by atoms with Crippen molar-refractivity contribution in [3.05, 3.63) is 39.8 Å². The number of amides is 1. The fourth-order valence-corrected chi connectivity index (χ4v) is 3.38. The van der Waals surface area contributed by atoms with E-state index in [1.54, 1.807) is 24.3 Å². The first kappa shape index (κ1) is 17.5. The normalized spacial score (nSPS) is 17.6. The molecular weight excluding hydrogens is 362 g/mol. The number of carbonyl (C=O) groups is 3. The summed E-state index contributed by atoms with van der Waals surface area (Å²) in [5.74, 6) is -4.02. The molecule has 1 aromatic rings. The molecule has 0 aromatic heterocycles. The zero-order chi connectivity index (χ0) is 17.1. The molecular formula is C14H8ClNO5S2-2. The molecule has 1 atom stereocenters. The van der Waals surface area contributed by atoms with E-state index < -0.39 is 30.3 Å². The summed E-state index contributed by atoms with van der Waals surface area (Å²) in [4.78, 5) is 35.0. The number of halogens is 1. The second-order valence-electron chi connectivity index (χ2n) is 4.51. The smallest absolute Gasteiger partial charge is 0.266 e. The lowest BCUT2D eigenvalue weighted by atomic mass is 10.1. The fourth-order valence-electron chi connectivity index (χ4n) is 1.90. The minimum atomic E-state index is -1.71. The third-order valence-corrected chi connectivity index (χ3v) is 4.52. The van der Waals surface area contributed by atoms with Gasteiger partial charge < -0.3 is 19.8 Å². The lowest BCUT2D eigenvalue weighted by Crippen LogP contribution is -2.52. The highest BCUT2D eigenvalue weighted by Gasteiger charge is 2.37. The van der Waals surface area contributed by atoms with E-state index in [1.165, 1.54) is 6.08 Å². The van der Waals surface area contributed by atoms with Crippen molar-refractivity contribution in [2.75, 3.05) is 0 Å².